The van der Waals surface area contributed by atoms with Crippen molar-refractivity contribution in [3.63, 3.8) is 0 Å². The van der Waals surface area contributed by atoms with E-state index in [1.165, 1.54) is 4.90 Å². The summed E-state index contributed by atoms with van der Waals surface area (Å²) in [5, 5.41) is 9.95. The van der Waals surface area contributed by atoms with E-state index in [2.05, 4.69) is 10.4 Å². The third-order valence-electron chi connectivity index (χ3n) is 10.7. The van der Waals surface area contributed by atoms with Crippen LogP contribution in [0.4, 0.5) is 19.0 Å². The lowest BCUT2D eigenvalue weighted by Gasteiger charge is -2.50. The van der Waals surface area contributed by atoms with Crippen molar-refractivity contribution in [3.05, 3.63) is 99.2 Å². The Labute approximate surface area is 306 Å². The summed E-state index contributed by atoms with van der Waals surface area (Å²) in [6.45, 7) is 1.98. The molecule has 3 heterocycles. The molecule has 2 aliphatic heterocycles. The van der Waals surface area contributed by atoms with Gasteiger partial charge in [-0.1, -0.05) is 66.0 Å². The van der Waals surface area contributed by atoms with Crippen molar-refractivity contribution in [1.29, 1.82) is 0 Å². The van der Waals surface area contributed by atoms with Crippen LogP contribution >= 0.6 is 23.2 Å². The smallest absolute Gasteiger partial charge is 0.417 e. The van der Waals surface area contributed by atoms with Crippen molar-refractivity contribution in [2.75, 3.05) is 25.2 Å². The van der Waals surface area contributed by atoms with Gasteiger partial charge in [-0.25, -0.2) is 4.98 Å². The molecule has 2 aliphatic carbocycles. The third kappa shape index (κ3) is 5.64. The second-order valence-corrected chi connectivity index (χ2v) is 14.2. The molecular formula is C37H33Cl2F3N4O6. The molecule has 2 saturated heterocycles. The Balaban J connectivity index is 1.41. The predicted molar refractivity (Wildman–Crippen MR) is 183 cm³/mol. The van der Waals surface area contributed by atoms with Gasteiger partial charge < -0.3 is 9.84 Å². The van der Waals surface area contributed by atoms with Crippen molar-refractivity contribution in [1.82, 2.24) is 14.9 Å². The molecule has 3 aromatic rings. The second-order valence-electron chi connectivity index (χ2n) is 13.4. The van der Waals surface area contributed by atoms with E-state index in [4.69, 9.17) is 27.9 Å². The first-order valence-corrected chi connectivity index (χ1v) is 17.6. The molecule has 272 valence electrons. The summed E-state index contributed by atoms with van der Waals surface area (Å²) in [5.41, 5.74) is 1.65. The molecule has 0 spiro atoms. The minimum absolute atomic E-state index is 0.0275. The van der Waals surface area contributed by atoms with Gasteiger partial charge in [0.2, 0.25) is 11.8 Å². The number of amides is 4. The van der Waals surface area contributed by atoms with Crippen molar-refractivity contribution in [2.24, 2.45) is 23.7 Å². The molecule has 0 unspecified atom stereocenters. The van der Waals surface area contributed by atoms with Gasteiger partial charge in [-0.2, -0.15) is 18.2 Å². The predicted octanol–water partition coefficient (Wildman–Crippen LogP) is 6.17. The van der Waals surface area contributed by atoms with Crippen LogP contribution < -0.4 is 10.2 Å². The quantitative estimate of drug-likeness (QED) is 0.196. The first-order valence-electron chi connectivity index (χ1n) is 16.9. The fourth-order valence-corrected chi connectivity index (χ4v) is 8.92. The molecule has 1 saturated carbocycles. The van der Waals surface area contributed by atoms with Crippen LogP contribution in [-0.2, 0) is 30.8 Å². The van der Waals surface area contributed by atoms with E-state index in [1.807, 2.05) is 13.0 Å². The number of allylic oxidation sites excluding steroid dienone is 2. The lowest BCUT2D eigenvalue weighted by Crippen LogP contribution is -2.53. The van der Waals surface area contributed by atoms with Crippen LogP contribution in [0.1, 0.15) is 48.8 Å². The van der Waals surface area contributed by atoms with Crippen LogP contribution in [0, 0.1) is 23.7 Å². The van der Waals surface area contributed by atoms with Gasteiger partial charge in [0, 0.05) is 23.7 Å². The molecule has 0 bridgehead atoms. The highest BCUT2D eigenvalue weighted by molar-refractivity contribution is 6.33. The van der Waals surface area contributed by atoms with E-state index in [0.29, 0.717) is 40.6 Å². The van der Waals surface area contributed by atoms with Gasteiger partial charge >= 0.3 is 6.18 Å². The molecular weight excluding hydrogens is 724 g/mol. The number of carbonyl (C=O) groups excluding carboxylic acids is 4. The summed E-state index contributed by atoms with van der Waals surface area (Å²) in [4.78, 5) is 62.5. The number of hydrazine groups is 1. The number of aliphatic hydroxyl groups is 1. The number of fused-ring (bicyclic) bond motifs is 4. The lowest BCUT2D eigenvalue weighted by molar-refractivity contribution is -0.141. The summed E-state index contributed by atoms with van der Waals surface area (Å²) in [6, 6.07) is 14.1. The third-order valence-corrected chi connectivity index (χ3v) is 11.2. The van der Waals surface area contributed by atoms with Crippen molar-refractivity contribution < 1.29 is 42.2 Å². The van der Waals surface area contributed by atoms with Crippen LogP contribution in [-0.4, -0.2) is 63.4 Å². The van der Waals surface area contributed by atoms with Gasteiger partial charge in [0.05, 0.1) is 40.4 Å². The average Bonchev–Trinajstić information content (AvgIpc) is 3.49. The summed E-state index contributed by atoms with van der Waals surface area (Å²) < 4.78 is 45.9. The van der Waals surface area contributed by atoms with Crippen LogP contribution in [0.25, 0.3) is 0 Å². The highest BCUT2D eigenvalue weighted by atomic mass is 35.5. The summed E-state index contributed by atoms with van der Waals surface area (Å²) in [5.74, 6) is -5.82. The number of imide groups is 2. The number of aliphatic hydroxyl groups excluding tert-OH is 1. The number of nitrogens with zero attached hydrogens (tertiary/aromatic N) is 3. The standard InChI is InChI=1S/C37H33Cl2F3N4O6/c1-2-13-45-32(48)25-12-11-24-26(29(25)34(45)50)17-27-33(49)46(44-31-28(39)16-21(18-43-31)37(40,41)42)35(51)36(27,20-5-7-22(38)8-6-20)30(24)19-3-9-23(10-4-19)52-15-14-47/h3-11,16,18,25-27,29-30,47H,2,12-15,17H2,1H3,(H,43,44)/t25-,26+,27-,29-,30-,36+/m0/s1. The van der Waals surface area contributed by atoms with E-state index in [9.17, 15) is 32.7 Å². The molecule has 7 rings (SSSR count). The van der Waals surface area contributed by atoms with Gasteiger partial charge in [-0.05, 0) is 66.6 Å². The number of alkyl halides is 3. The van der Waals surface area contributed by atoms with Gasteiger partial charge in [0.25, 0.3) is 11.8 Å². The number of hydrogen-bond donors (Lipinski definition) is 2. The Morgan fingerprint density at radius 3 is 2.35 bits per heavy atom. The molecule has 3 fully saturated rings. The highest BCUT2D eigenvalue weighted by Crippen LogP contribution is 2.64. The number of aromatic nitrogens is 1. The molecule has 6 atom stereocenters. The minimum atomic E-state index is -4.73. The van der Waals surface area contributed by atoms with E-state index >= 15 is 4.79 Å². The second kappa shape index (κ2) is 13.5. The normalized spacial score (nSPS) is 27.0. The number of hydrogen-bond acceptors (Lipinski definition) is 8. The van der Waals surface area contributed by atoms with E-state index in [0.717, 1.165) is 10.6 Å². The molecule has 0 radical (unpaired) electrons. The molecule has 10 nitrogen and oxygen atoms in total. The van der Waals surface area contributed by atoms with E-state index < -0.39 is 63.6 Å². The number of anilines is 1. The monoisotopic (exact) mass is 756 g/mol. The SMILES string of the molecule is CCCN1C(=O)[C@H]2[C@H](CC=C3[C@H]2C[C@H]2C(=O)N(Nc4ncc(C(F)(F)F)cc4Cl)C(=O)[C@@]2(c2ccc(Cl)cc2)[C@H]3c2ccc(OCCO)cc2)C1=O. The number of ether oxygens (including phenoxy) is 1. The molecule has 1 aromatic heterocycles. The largest absolute Gasteiger partial charge is 0.491 e. The fraction of sp³-hybridized carbons (Fsp3) is 0.378. The number of benzene rings is 2. The Kier molecular flexibility index (Phi) is 9.33. The number of halogens is 5. The highest BCUT2D eigenvalue weighted by Gasteiger charge is 2.70. The Hall–Kier alpha value is -4.46. The van der Waals surface area contributed by atoms with Crippen molar-refractivity contribution >= 4 is 52.6 Å². The van der Waals surface area contributed by atoms with Crippen LogP contribution in [0.3, 0.4) is 0 Å². The van der Waals surface area contributed by atoms with Gasteiger partial charge in [0.15, 0.2) is 5.82 Å². The number of pyridine rings is 1. The Morgan fingerprint density at radius 1 is 1.00 bits per heavy atom. The molecule has 52 heavy (non-hydrogen) atoms. The van der Waals surface area contributed by atoms with Crippen molar-refractivity contribution in [2.45, 2.75) is 43.7 Å². The zero-order chi connectivity index (χ0) is 37.1. The molecule has 4 amide bonds. The topological polar surface area (TPSA) is 129 Å². The number of carbonyl (C=O) groups is 4. The summed E-state index contributed by atoms with van der Waals surface area (Å²) in [6.07, 6.45) is -1.41. The maximum atomic E-state index is 15.2. The average molecular weight is 758 g/mol. The van der Waals surface area contributed by atoms with Gasteiger partial charge in [0.1, 0.15) is 12.4 Å². The first-order chi connectivity index (χ1) is 24.8. The van der Waals surface area contributed by atoms with Crippen LogP contribution in [0.15, 0.2) is 72.4 Å². The Morgan fingerprint density at radius 2 is 1.71 bits per heavy atom. The van der Waals surface area contributed by atoms with Crippen molar-refractivity contribution in [3.8, 4) is 5.75 Å². The van der Waals surface area contributed by atoms with Crippen LogP contribution in [0.2, 0.25) is 10.0 Å². The summed E-state index contributed by atoms with van der Waals surface area (Å²) in [7, 11) is 0. The summed E-state index contributed by atoms with van der Waals surface area (Å²) >= 11 is 12.5. The number of nitrogens with one attached hydrogen (secondary N) is 1. The van der Waals surface area contributed by atoms with E-state index in [-0.39, 0.29) is 50.2 Å². The van der Waals surface area contributed by atoms with Crippen LogP contribution in [0.5, 0.6) is 5.75 Å². The zero-order valence-corrected chi connectivity index (χ0v) is 29.2. The maximum absolute atomic E-state index is 15.2. The molecule has 2 N–H and O–H groups in total. The molecule has 2 aromatic carbocycles. The van der Waals surface area contributed by atoms with E-state index in [1.54, 1.807) is 48.5 Å². The van der Waals surface area contributed by atoms with Gasteiger partial charge in [-0.15, -0.1) is 0 Å². The lowest BCUT2D eigenvalue weighted by atomic mass is 9.49. The first kappa shape index (κ1) is 35.9. The number of rotatable bonds is 9. The van der Waals surface area contributed by atoms with Gasteiger partial charge in [-0.3, -0.25) is 29.5 Å². The molecule has 4 aliphatic rings. The minimum Gasteiger partial charge on any atom is -0.491 e. The fourth-order valence-electron chi connectivity index (χ4n) is 8.59. The maximum Gasteiger partial charge on any atom is 0.417 e. The number of likely N-dealkylation sites (tertiary alicyclic amines) is 1. The molecule has 15 heteroatoms. The zero-order valence-electron chi connectivity index (χ0n) is 27.7. The Bertz CT molecular complexity index is 1970.